The van der Waals surface area contributed by atoms with Crippen LogP contribution in [-0.4, -0.2) is 9.97 Å². The van der Waals surface area contributed by atoms with Gasteiger partial charge in [-0.1, -0.05) is 37.7 Å². The molecule has 0 aliphatic rings. The summed E-state index contributed by atoms with van der Waals surface area (Å²) in [5, 5.41) is 2.73. The molecule has 0 atom stereocenters. The van der Waals surface area contributed by atoms with Gasteiger partial charge < -0.3 is 4.98 Å². The SMILES string of the molecule is Cc1c(-c2sccc2Cl)[nH]c(C(C)C)nc1=S. The molecule has 1 N–H and O–H groups in total. The zero-order valence-electron chi connectivity index (χ0n) is 9.87. The molecule has 0 aromatic carbocycles. The van der Waals surface area contributed by atoms with Crippen molar-refractivity contribution in [1.82, 2.24) is 9.97 Å². The van der Waals surface area contributed by atoms with Crippen molar-refractivity contribution in [2.24, 2.45) is 0 Å². The van der Waals surface area contributed by atoms with Crippen LogP contribution in [-0.2, 0) is 0 Å². The van der Waals surface area contributed by atoms with E-state index in [1.165, 1.54) is 0 Å². The van der Waals surface area contributed by atoms with Crippen molar-refractivity contribution >= 4 is 35.2 Å². The van der Waals surface area contributed by atoms with E-state index in [2.05, 4.69) is 23.8 Å². The Morgan fingerprint density at radius 2 is 2.18 bits per heavy atom. The van der Waals surface area contributed by atoms with Gasteiger partial charge in [0.1, 0.15) is 10.5 Å². The predicted molar refractivity (Wildman–Crippen MR) is 76.6 cm³/mol. The molecule has 90 valence electrons. The molecule has 0 spiro atoms. The number of rotatable bonds is 2. The van der Waals surface area contributed by atoms with E-state index >= 15 is 0 Å². The van der Waals surface area contributed by atoms with E-state index in [9.17, 15) is 0 Å². The number of thiophene rings is 1. The van der Waals surface area contributed by atoms with Crippen LogP contribution >= 0.6 is 35.2 Å². The molecule has 0 saturated carbocycles. The van der Waals surface area contributed by atoms with Crippen LogP contribution in [0, 0.1) is 11.6 Å². The number of hydrogen-bond acceptors (Lipinski definition) is 3. The first-order valence-corrected chi connectivity index (χ1v) is 7.01. The highest BCUT2D eigenvalue weighted by atomic mass is 35.5. The molecule has 2 rings (SSSR count). The maximum absolute atomic E-state index is 6.17. The van der Waals surface area contributed by atoms with Gasteiger partial charge >= 0.3 is 0 Å². The number of aromatic nitrogens is 2. The van der Waals surface area contributed by atoms with Gasteiger partial charge in [-0.15, -0.1) is 11.3 Å². The Hall–Kier alpha value is -0.710. The first kappa shape index (κ1) is 12.7. The summed E-state index contributed by atoms with van der Waals surface area (Å²) in [5.41, 5.74) is 1.97. The van der Waals surface area contributed by atoms with Crippen LogP contribution in [0.25, 0.3) is 10.6 Å². The van der Waals surface area contributed by atoms with E-state index in [0.717, 1.165) is 27.0 Å². The second-order valence-corrected chi connectivity index (χ2v) is 5.89. The van der Waals surface area contributed by atoms with Gasteiger partial charge in [-0.25, -0.2) is 4.98 Å². The molecule has 17 heavy (non-hydrogen) atoms. The Morgan fingerprint density at radius 1 is 1.47 bits per heavy atom. The largest absolute Gasteiger partial charge is 0.342 e. The third-order valence-electron chi connectivity index (χ3n) is 2.56. The normalized spacial score (nSPS) is 11.1. The molecule has 0 unspecified atom stereocenters. The highest BCUT2D eigenvalue weighted by molar-refractivity contribution is 7.71. The highest BCUT2D eigenvalue weighted by Gasteiger charge is 2.13. The Labute approximate surface area is 115 Å². The van der Waals surface area contributed by atoms with Gasteiger partial charge in [0.25, 0.3) is 0 Å². The standard InChI is InChI=1S/C12H13ClN2S2/c1-6(2)11-14-9(7(3)12(16)15-11)10-8(13)4-5-17-10/h4-6H,1-3H3,(H,14,15,16). The van der Waals surface area contributed by atoms with Gasteiger partial charge in [-0.2, -0.15) is 0 Å². The topological polar surface area (TPSA) is 28.7 Å². The van der Waals surface area contributed by atoms with Gasteiger partial charge in [0, 0.05) is 11.5 Å². The fourth-order valence-electron chi connectivity index (χ4n) is 1.52. The molecule has 2 aromatic rings. The number of aromatic amines is 1. The minimum absolute atomic E-state index is 0.315. The summed E-state index contributed by atoms with van der Waals surface area (Å²) in [6, 6.07) is 1.90. The average molecular weight is 285 g/mol. The predicted octanol–water partition coefficient (Wildman–Crippen LogP) is 4.95. The van der Waals surface area contributed by atoms with E-state index in [0.29, 0.717) is 10.6 Å². The number of hydrogen-bond donors (Lipinski definition) is 1. The average Bonchev–Trinajstić information content (AvgIpc) is 2.68. The van der Waals surface area contributed by atoms with Crippen molar-refractivity contribution in [1.29, 1.82) is 0 Å². The molecule has 0 saturated heterocycles. The Kier molecular flexibility index (Phi) is 3.66. The lowest BCUT2D eigenvalue weighted by Gasteiger charge is -2.10. The van der Waals surface area contributed by atoms with Crippen molar-refractivity contribution in [3.05, 3.63) is 32.5 Å². The van der Waals surface area contributed by atoms with Crippen molar-refractivity contribution in [3.8, 4) is 10.6 Å². The zero-order chi connectivity index (χ0) is 12.6. The minimum Gasteiger partial charge on any atom is -0.342 e. The number of H-pyrrole nitrogens is 1. The minimum atomic E-state index is 0.315. The van der Waals surface area contributed by atoms with E-state index in [4.69, 9.17) is 23.8 Å². The smallest absolute Gasteiger partial charge is 0.133 e. The summed E-state index contributed by atoms with van der Waals surface area (Å²) < 4.78 is 0.645. The number of nitrogens with one attached hydrogen (secondary N) is 1. The molecule has 0 fully saturated rings. The first-order valence-electron chi connectivity index (χ1n) is 5.35. The van der Waals surface area contributed by atoms with E-state index < -0.39 is 0 Å². The molecule has 0 aliphatic carbocycles. The third kappa shape index (κ3) is 2.44. The summed E-state index contributed by atoms with van der Waals surface area (Å²) in [7, 11) is 0. The van der Waals surface area contributed by atoms with Gasteiger partial charge in [0.15, 0.2) is 0 Å². The molecule has 2 nitrogen and oxygen atoms in total. The molecule has 5 heteroatoms. The van der Waals surface area contributed by atoms with E-state index in [1.807, 2.05) is 18.4 Å². The van der Waals surface area contributed by atoms with Crippen LogP contribution in [0.15, 0.2) is 11.4 Å². The van der Waals surface area contributed by atoms with Crippen LogP contribution in [0.1, 0.15) is 31.2 Å². The van der Waals surface area contributed by atoms with Gasteiger partial charge in [-0.05, 0) is 18.4 Å². The van der Waals surface area contributed by atoms with Gasteiger partial charge in [0.05, 0.1) is 15.6 Å². The second kappa shape index (κ2) is 4.88. The molecule has 0 radical (unpaired) electrons. The molecule has 0 amide bonds. The molecule has 2 aromatic heterocycles. The molecule has 2 heterocycles. The summed E-state index contributed by atoms with van der Waals surface area (Å²) in [6.07, 6.45) is 0. The molecular weight excluding hydrogens is 272 g/mol. The van der Waals surface area contributed by atoms with Gasteiger partial charge in [-0.3, -0.25) is 0 Å². The van der Waals surface area contributed by atoms with Gasteiger partial charge in [0.2, 0.25) is 0 Å². The van der Waals surface area contributed by atoms with Crippen LogP contribution in [0.3, 0.4) is 0 Å². The maximum atomic E-state index is 6.17. The van der Waals surface area contributed by atoms with E-state index in [1.54, 1.807) is 11.3 Å². The van der Waals surface area contributed by atoms with Crippen molar-refractivity contribution in [2.45, 2.75) is 26.7 Å². The Morgan fingerprint density at radius 3 is 2.71 bits per heavy atom. The second-order valence-electron chi connectivity index (χ2n) is 4.18. The summed E-state index contributed by atoms with van der Waals surface area (Å²) in [5.74, 6) is 1.22. The van der Waals surface area contributed by atoms with Crippen molar-refractivity contribution < 1.29 is 0 Å². The van der Waals surface area contributed by atoms with E-state index in [-0.39, 0.29) is 0 Å². The molecular formula is C12H13ClN2S2. The number of halogens is 1. The first-order chi connectivity index (χ1) is 8.00. The highest BCUT2D eigenvalue weighted by Crippen LogP contribution is 2.34. The maximum Gasteiger partial charge on any atom is 0.133 e. The van der Waals surface area contributed by atoms with Crippen LogP contribution in [0.2, 0.25) is 5.02 Å². The lowest BCUT2D eigenvalue weighted by molar-refractivity contribution is 0.770. The third-order valence-corrected chi connectivity index (χ3v) is 4.32. The lowest BCUT2D eigenvalue weighted by atomic mass is 10.1. The lowest BCUT2D eigenvalue weighted by Crippen LogP contribution is -2.01. The molecule has 0 aliphatic heterocycles. The summed E-state index contributed by atoms with van der Waals surface area (Å²) in [6.45, 7) is 6.15. The summed E-state index contributed by atoms with van der Waals surface area (Å²) >= 11 is 13.1. The quantitative estimate of drug-likeness (QED) is 0.790. The fraction of sp³-hybridized carbons (Fsp3) is 0.333. The monoisotopic (exact) mass is 284 g/mol. The zero-order valence-corrected chi connectivity index (χ0v) is 12.3. The van der Waals surface area contributed by atoms with Crippen LogP contribution < -0.4 is 0 Å². The van der Waals surface area contributed by atoms with Crippen LogP contribution in [0.4, 0.5) is 0 Å². The van der Waals surface area contributed by atoms with Crippen molar-refractivity contribution in [3.63, 3.8) is 0 Å². The Bertz CT molecular complexity index is 599. The fourth-order valence-corrected chi connectivity index (χ4v) is 2.93. The van der Waals surface area contributed by atoms with Crippen LogP contribution in [0.5, 0.6) is 0 Å². The summed E-state index contributed by atoms with van der Waals surface area (Å²) in [4.78, 5) is 8.77. The Balaban J connectivity index is 2.69. The van der Waals surface area contributed by atoms with Crippen molar-refractivity contribution in [2.75, 3.05) is 0 Å². The molecule has 0 bridgehead atoms. The number of nitrogens with zero attached hydrogens (tertiary/aromatic N) is 1.